The van der Waals surface area contributed by atoms with Gasteiger partial charge in [-0.3, -0.25) is 4.55 Å². The van der Waals surface area contributed by atoms with Crippen LogP contribution in [0.5, 0.6) is 11.5 Å². The minimum Gasteiger partial charge on any atom is -0.872 e. The van der Waals surface area contributed by atoms with Crippen LogP contribution in [0.4, 0.5) is 34.1 Å². The van der Waals surface area contributed by atoms with Crippen molar-refractivity contribution in [1.29, 1.82) is 0 Å². The van der Waals surface area contributed by atoms with E-state index in [1.165, 1.54) is 30.3 Å². The fourth-order valence-electron chi connectivity index (χ4n) is 3.86. The molecule has 0 saturated heterocycles. The van der Waals surface area contributed by atoms with Crippen molar-refractivity contribution in [2.75, 3.05) is 5.73 Å². The van der Waals surface area contributed by atoms with Gasteiger partial charge in [0.2, 0.25) is 5.90 Å². The van der Waals surface area contributed by atoms with Crippen molar-refractivity contribution in [2.24, 2.45) is 25.4 Å². The van der Waals surface area contributed by atoms with E-state index >= 15 is 0 Å². The number of aliphatic hydroxyl groups is 1. The van der Waals surface area contributed by atoms with E-state index in [4.69, 9.17) is 5.73 Å². The Morgan fingerprint density at radius 1 is 0.721 bits per heavy atom. The largest absolute Gasteiger partial charge is 1.00 e. The van der Waals surface area contributed by atoms with E-state index in [9.17, 15) is 28.3 Å². The van der Waals surface area contributed by atoms with Gasteiger partial charge in [-0.2, -0.15) is 23.8 Å². The number of nitrogens with two attached hydrogens (primary N) is 1. The molecule has 43 heavy (non-hydrogen) atoms. The number of aromatic hydroxyl groups is 1. The van der Waals surface area contributed by atoms with E-state index < -0.39 is 20.8 Å². The zero-order valence-electron chi connectivity index (χ0n) is 22.5. The molecule has 5 aromatic rings. The molecule has 0 atom stereocenters. The summed E-state index contributed by atoms with van der Waals surface area (Å²) in [5, 5.41) is 49.0. The molecule has 0 spiro atoms. The van der Waals surface area contributed by atoms with Gasteiger partial charge in [0.05, 0.1) is 38.7 Å². The first kappa shape index (κ1) is 31.3. The van der Waals surface area contributed by atoms with E-state index in [2.05, 4.69) is 25.4 Å². The molecule has 210 valence electrons. The standard InChI is InChI=1S/C29H22N6O6S.Na/c30-25-14-3-18-15-24(42(39,40)41)16-26(37)27(18)28(25)35-34-20-4-1-17(2-5-20)29(38)31-19-6-8-21(9-7-19)32-33-22-10-12-23(36)13-11-22;/h1-16,36-37H,30H2,(H,31,38)(H,39,40,41);/q;+1/p-1. The Bertz CT molecular complexity index is 1980. The smallest absolute Gasteiger partial charge is 0.872 e. The van der Waals surface area contributed by atoms with Crippen molar-refractivity contribution in [3.63, 3.8) is 0 Å². The second-order valence-electron chi connectivity index (χ2n) is 8.91. The van der Waals surface area contributed by atoms with Crippen molar-refractivity contribution in [2.45, 2.75) is 4.90 Å². The number of aliphatic hydroxyl groups excluding tert-OH is 1. The fraction of sp³-hybridized carbons (Fsp3) is 0. The molecule has 0 aliphatic carbocycles. The number of nitrogen functional groups attached to an aromatic ring is 1. The number of benzene rings is 5. The van der Waals surface area contributed by atoms with Gasteiger partial charge in [0.25, 0.3) is 10.1 Å². The number of anilines is 1. The molecular formula is C29H21N6NaO6S. The van der Waals surface area contributed by atoms with Crippen molar-refractivity contribution in [3.05, 3.63) is 103 Å². The Morgan fingerprint density at radius 2 is 1.23 bits per heavy atom. The summed E-state index contributed by atoms with van der Waals surface area (Å²) in [6.45, 7) is 0. The summed E-state index contributed by atoms with van der Waals surface area (Å²) in [6, 6.07) is 24.1. The third kappa shape index (κ3) is 7.60. The maximum absolute atomic E-state index is 11.5. The van der Waals surface area contributed by atoms with Crippen LogP contribution < -0.4 is 40.4 Å². The number of fused-ring (bicyclic) bond motifs is 1. The molecule has 0 aliphatic heterocycles. The summed E-state index contributed by atoms with van der Waals surface area (Å²) >= 11 is 0. The first-order valence-corrected chi connectivity index (χ1v) is 13.6. The van der Waals surface area contributed by atoms with Crippen LogP contribution >= 0.6 is 0 Å². The van der Waals surface area contributed by atoms with E-state index in [0.29, 0.717) is 28.3 Å². The summed E-state index contributed by atoms with van der Waals surface area (Å²) in [5.74, 6) is -0.782. The molecular weight excluding hydrogens is 583 g/mol. The van der Waals surface area contributed by atoms with Gasteiger partial charge in [-0.15, -0.1) is 10.9 Å². The summed E-state index contributed by atoms with van der Waals surface area (Å²) < 4.78 is 32.3. The first-order chi connectivity index (χ1) is 20.1. The molecule has 5 N–H and O–H groups in total. The van der Waals surface area contributed by atoms with Gasteiger partial charge in [0.15, 0.2) is 0 Å². The maximum atomic E-state index is 11.5. The molecule has 0 aliphatic rings. The molecule has 0 bridgehead atoms. The van der Waals surface area contributed by atoms with Crippen LogP contribution in [0.2, 0.25) is 0 Å². The van der Waals surface area contributed by atoms with Crippen LogP contribution in [0.3, 0.4) is 0 Å². The zero-order chi connectivity index (χ0) is 29.9. The fourth-order valence-corrected chi connectivity index (χ4v) is 4.40. The Labute approximate surface area is 267 Å². The first-order valence-electron chi connectivity index (χ1n) is 12.2. The van der Waals surface area contributed by atoms with E-state index in [0.717, 1.165) is 6.07 Å². The monoisotopic (exact) mass is 604 g/mol. The Morgan fingerprint density at radius 3 is 1.81 bits per heavy atom. The third-order valence-corrected chi connectivity index (χ3v) is 6.80. The predicted octanol–water partition coefficient (Wildman–Crippen LogP) is 3.92. The molecule has 0 heterocycles. The second kappa shape index (κ2) is 13.1. The van der Waals surface area contributed by atoms with Crippen LogP contribution in [0.1, 0.15) is 5.56 Å². The van der Waals surface area contributed by atoms with Gasteiger partial charge >= 0.3 is 29.6 Å². The van der Waals surface area contributed by atoms with E-state index in [1.807, 2.05) is 0 Å². The van der Waals surface area contributed by atoms with Crippen molar-refractivity contribution in [3.8, 4) is 11.5 Å². The van der Waals surface area contributed by atoms with Gasteiger partial charge in [0.1, 0.15) is 11.4 Å². The molecule has 0 radical (unpaired) electrons. The average molecular weight is 605 g/mol. The predicted molar refractivity (Wildman–Crippen MR) is 156 cm³/mol. The Kier molecular flexibility index (Phi) is 9.53. The third-order valence-electron chi connectivity index (χ3n) is 5.97. The molecule has 14 heteroatoms. The van der Waals surface area contributed by atoms with Gasteiger partial charge < -0.3 is 21.1 Å². The topological polar surface area (TPSA) is 206 Å². The van der Waals surface area contributed by atoms with Crippen LogP contribution in [-0.2, 0) is 10.1 Å². The minimum absolute atomic E-state index is 0. The van der Waals surface area contributed by atoms with Crippen molar-refractivity contribution in [1.82, 2.24) is 0 Å². The zero-order valence-corrected chi connectivity index (χ0v) is 25.3. The number of aliphatic imine (C=N–C) groups is 1. The van der Waals surface area contributed by atoms with Gasteiger partial charge in [-0.1, -0.05) is 18.2 Å². The SMILES string of the molecule is Nc1ccc2cc(S(=O)(=O)O)cc(O)c2c1N=Nc1ccc(C(O)=Nc2ccc(N=Nc3ccc([O-])cc3)cc2)cc1.[Na+]. The number of phenolic OH excluding ortho intramolecular Hbond substituents is 1. The number of phenols is 1. The molecule has 12 nitrogen and oxygen atoms in total. The summed E-state index contributed by atoms with van der Waals surface area (Å²) in [7, 11) is -4.53. The van der Waals surface area contributed by atoms with Crippen molar-refractivity contribution < 1.29 is 57.8 Å². The average Bonchev–Trinajstić information content (AvgIpc) is 2.97. The molecule has 5 aromatic carbocycles. The number of hydrogen-bond donors (Lipinski definition) is 4. The van der Waals surface area contributed by atoms with E-state index in [1.54, 1.807) is 60.7 Å². The number of azo groups is 2. The minimum atomic E-state index is -4.53. The van der Waals surface area contributed by atoms with Crippen LogP contribution in [-0.4, -0.2) is 29.1 Å². The van der Waals surface area contributed by atoms with Crippen LogP contribution in [0.15, 0.2) is 127 Å². The van der Waals surface area contributed by atoms with Gasteiger partial charge in [-0.25, -0.2) is 4.99 Å². The maximum Gasteiger partial charge on any atom is 1.00 e. The summed E-state index contributed by atoms with van der Waals surface area (Å²) in [6.07, 6.45) is 0. The summed E-state index contributed by atoms with van der Waals surface area (Å²) in [5.41, 5.74) is 8.74. The molecule has 0 saturated carbocycles. The van der Waals surface area contributed by atoms with Gasteiger partial charge in [0, 0.05) is 11.6 Å². The Balaban J connectivity index is 0.00000423. The molecule has 0 aromatic heterocycles. The number of nitrogens with zero attached hydrogens (tertiary/aromatic N) is 5. The number of hydrogen-bond acceptors (Lipinski definition) is 10. The molecule has 0 unspecified atom stereocenters. The second-order valence-corrected chi connectivity index (χ2v) is 10.3. The molecule has 5 rings (SSSR count). The normalized spacial score (nSPS) is 12.2. The number of rotatable bonds is 7. The van der Waals surface area contributed by atoms with Gasteiger partial charge in [-0.05, 0) is 78.2 Å². The van der Waals surface area contributed by atoms with Crippen LogP contribution in [0, 0.1) is 0 Å². The van der Waals surface area contributed by atoms with E-state index in [-0.39, 0.29) is 63.4 Å². The van der Waals surface area contributed by atoms with Crippen molar-refractivity contribution >= 4 is 60.9 Å². The summed E-state index contributed by atoms with van der Waals surface area (Å²) in [4.78, 5) is 3.74. The van der Waals surface area contributed by atoms with Crippen LogP contribution in [0.25, 0.3) is 10.8 Å². The Hall–Kier alpha value is -4.66. The quantitative estimate of drug-likeness (QED) is 0.0537. The molecule has 0 amide bonds. The molecule has 0 fully saturated rings.